The Balaban J connectivity index is 1.74. The summed E-state index contributed by atoms with van der Waals surface area (Å²) in [5.74, 6) is 0.548. The maximum Gasteiger partial charge on any atom is 0.349 e. The Labute approximate surface area is 147 Å². The van der Waals surface area contributed by atoms with Gasteiger partial charge in [0, 0.05) is 6.42 Å². The van der Waals surface area contributed by atoms with Crippen LogP contribution in [0.4, 0.5) is 0 Å². The fraction of sp³-hybridized carbons (Fsp3) is 0.333. The molecule has 0 radical (unpaired) electrons. The lowest BCUT2D eigenvalue weighted by atomic mass is 9.87. The van der Waals surface area contributed by atoms with Gasteiger partial charge in [-0.1, -0.05) is 18.2 Å². The molecule has 0 aliphatic heterocycles. The van der Waals surface area contributed by atoms with Crippen molar-refractivity contribution in [2.75, 3.05) is 6.61 Å². The van der Waals surface area contributed by atoms with Crippen LogP contribution in [0.25, 0.3) is 0 Å². The molecule has 2 aromatic rings. The molecule has 25 heavy (non-hydrogen) atoms. The van der Waals surface area contributed by atoms with Crippen LogP contribution in [0.15, 0.2) is 30.3 Å². The second-order valence-corrected chi connectivity index (χ2v) is 6.47. The van der Waals surface area contributed by atoms with E-state index in [9.17, 15) is 9.59 Å². The summed E-state index contributed by atoms with van der Waals surface area (Å²) in [7, 11) is 0. The van der Waals surface area contributed by atoms with Crippen molar-refractivity contribution in [3.8, 4) is 11.5 Å². The number of ketones is 1. The van der Waals surface area contributed by atoms with Crippen molar-refractivity contribution >= 4 is 11.8 Å². The third-order valence-corrected chi connectivity index (χ3v) is 4.74. The molecule has 0 aromatic heterocycles. The second kappa shape index (κ2) is 7.09. The first-order valence-corrected chi connectivity index (χ1v) is 8.52. The van der Waals surface area contributed by atoms with Gasteiger partial charge in [-0.25, -0.2) is 4.79 Å². The van der Waals surface area contributed by atoms with E-state index >= 15 is 0 Å². The smallest absolute Gasteiger partial charge is 0.349 e. The molecule has 2 aromatic carbocycles. The van der Waals surface area contributed by atoms with Crippen molar-refractivity contribution < 1.29 is 19.1 Å². The average Bonchev–Trinajstić information content (AvgIpc) is 2.59. The van der Waals surface area contributed by atoms with E-state index in [2.05, 4.69) is 0 Å². The van der Waals surface area contributed by atoms with E-state index in [1.165, 1.54) is 0 Å². The van der Waals surface area contributed by atoms with Crippen LogP contribution in [-0.4, -0.2) is 18.4 Å². The Morgan fingerprint density at radius 1 is 1.00 bits per heavy atom. The number of fused-ring (bicyclic) bond motifs is 1. The number of hydrogen-bond acceptors (Lipinski definition) is 4. The van der Waals surface area contributed by atoms with Crippen LogP contribution in [-0.2, 0) is 11.2 Å². The summed E-state index contributed by atoms with van der Waals surface area (Å²) in [5, 5.41) is 0. The van der Waals surface area contributed by atoms with Crippen LogP contribution >= 0.6 is 0 Å². The molecule has 0 unspecified atom stereocenters. The Morgan fingerprint density at radius 3 is 2.60 bits per heavy atom. The topological polar surface area (TPSA) is 52.6 Å². The van der Waals surface area contributed by atoms with Crippen LogP contribution in [0.2, 0.25) is 0 Å². The van der Waals surface area contributed by atoms with Crippen molar-refractivity contribution in [3.63, 3.8) is 0 Å². The first-order chi connectivity index (χ1) is 12.0. The van der Waals surface area contributed by atoms with Gasteiger partial charge < -0.3 is 9.47 Å². The largest absolute Gasteiger partial charge is 0.482 e. The average molecular weight is 338 g/mol. The Morgan fingerprint density at radius 2 is 1.80 bits per heavy atom. The molecule has 0 saturated carbocycles. The maximum atomic E-state index is 12.3. The van der Waals surface area contributed by atoms with Crippen LogP contribution in [0, 0.1) is 20.8 Å². The van der Waals surface area contributed by atoms with Gasteiger partial charge in [0.15, 0.2) is 12.4 Å². The van der Waals surface area contributed by atoms with Gasteiger partial charge in [-0.2, -0.15) is 0 Å². The molecule has 0 N–H and O–H groups in total. The second-order valence-electron chi connectivity index (χ2n) is 6.47. The summed E-state index contributed by atoms with van der Waals surface area (Å²) in [6, 6.07) is 9.30. The summed E-state index contributed by atoms with van der Waals surface area (Å²) in [5.41, 5.74) is 4.72. The van der Waals surface area contributed by atoms with E-state index < -0.39 is 5.97 Å². The molecule has 1 aliphatic rings. The van der Waals surface area contributed by atoms with Crippen molar-refractivity contribution in [2.45, 2.75) is 40.0 Å². The van der Waals surface area contributed by atoms with Crippen LogP contribution in [0.3, 0.4) is 0 Å². The Hall–Kier alpha value is -2.62. The molecular weight excluding hydrogens is 316 g/mol. The van der Waals surface area contributed by atoms with Gasteiger partial charge in [0.05, 0.1) is 5.56 Å². The molecule has 0 heterocycles. The zero-order valence-corrected chi connectivity index (χ0v) is 14.8. The van der Waals surface area contributed by atoms with E-state index in [4.69, 9.17) is 9.47 Å². The molecule has 4 heteroatoms. The molecule has 130 valence electrons. The van der Waals surface area contributed by atoms with Gasteiger partial charge in [-0.3, -0.25) is 4.79 Å². The lowest BCUT2D eigenvalue weighted by Gasteiger charge is -2.20. The highest BCUT2D eigenvalue weighted by Crippen LogP contribution is 2.32. The van der Waals surface area contributed by atoms with Crippen molar-refractivity contribution in [1.82, 2.24) is 0 Å². The molecule has 1 aliphatic carbocycles. The number of aryl methyl sites for hydroxylation is 2. The van der Waals surface area contributed by atoms with Gasteiger partial charge >= 0.3 is 5.97 Å². The minimum atomic E-state index is -0.509. The summed E-state index contributed by atoms with van der Waals surface area (Å²) >= 11 is 0. The van der Waals surface area contributed by atoms with Crippen molar-refractivity contribution in [1.29, 1.82) is 0 Å². The van der Waals surface area contributed by atoms with Crippen LogP contribution in [0.5, 0.6) is 11.5 Å². The number of carbonyl (C=O) groups is 2. The highest BCUT2D eigenvalue weighted by atomic mass is 16.6. The monoisotopic (exact) mass is 338 g/mol. The zero-order valence-electron chi connectivity index (χ0n) is 14.8. The fourth-order valence-corrected chi connectivity index (χ4v) is 3.16. The van der Waals surface area contributed by atoms with E-state index in [0.717, 1.165) is 35.1 Å². The maximum absolute atomic E-state index is 12.3. The predicted molar refractivity (Wildman–Crippen MR) is 95.5 cm³/mol. The number of hydrogen-bond donors (Lipinski definition) is 0. The third kappa shape index (κ3) is 3.58. The van der Waals surface area contributed by atoms with E-state index in [0.29, 0.717) is 23.5 Å². The quantitative estimate of drug-likeness (QED) is 0.622. The first kappa shape index (κ1) is 17.2. The normalized spacial score (nSPS) is 13.3. The molecule has 0 spiro atoms. The number of carbonyl (C=O) groups excluding carboxylic acids is 2. The van der Waals surface area contributed by atoms with Gasteiger partial charge in [-0.15, -0.1) is 0 Å². The minimum absolute atomic E-state index is 0.0446. The van der Waals surface area contributed by atoms with Crippen molar-refractivity contribution in [2.24, 2.45) is 0 Å². The van der Waals surface area contributed by atoms with E-state index in [1.807, 2.05) is 45.0 Å². The van der Waals surface area contributed by atoms with E-state index in [1.54, 1.807) is 6.07 Å². The summed E-state index contributed by atoms with van der Waals surface area (Å²) < 4.78 is 11.0. The first-order valence-electron chi connectivity index (χ1n) is 8.52. The molecule has 4 nitrogen and oxygen atoms in total. The molecule has 0 atom stereocenters. The van der Waals surface area contributed by atoms with Gasteiger partial charge in [0.2, 0.25) is 0 Å². The highest BCUT2D eigenvalue weighted by molar-refractivity contribution is 6.02. The fourth-order valence-electron chi connectivity index (χ4n) is 3.16. The number of benzene rings is 2. The minimum Gasteiger partial charge on any atom is -0.482 e. The molecular formula is C21H22O4. The molecule has 0 amide bonds. The van der Waals surface area contributed by atoms with Gasteiger partial charge in [0.1, 0.15) is 11.5 Å². The Kier molecular flexibility index (Phi) is 4.88. The summed E-state index contributed by atoms with van der Waals surface area (Å²) in [4.78, 5) is 24.5. The number of Topliss-reactive ketones (excluding diaryl/α,β-unsaturated/α-hetero) is 1. The number of rotatable bonds is 4. The molecule has 0 fully saturated rings. The SMILES string of the molecule is Cc1cccc(OCC(=O)Oc2ccc(C)c3c2C(=O)CCC3)c1C. The van der Waals surface area contributed by atoms with Crippen LogP contribution in [0.1, 0.15) is 45.5 Å². The molecule has 3 rings (SSSR count). The molecule has 0 saturated heterocycles. The van der Waals surface area contributed by atoms with Crippen molar-refractivity contribution in [3.05, 3.63) is 58.1 Å². The lowest BCUT2D eigenvalue weighted by molar-refractivity contribution is -0.136. The zero-order chi connectivity index (χ0) is 18.0. The molecule has 0 bridgehead atoms. The van der Waals surface area contributed by atoms with Crippen LogP contribution < -0.4 is 9.47 Å². The summed E-state index contributed by atoms with van der Waals surface area (Å²) in [6.45, 7) is 5.73. The predicted octanol–water partition coefficient (Wildman–Crippen LogP) is 4.12. The third-order valence-electron chi connectivity index (χ3n) is 4.74. The number of esters is 1. The highest BCUT2D eigenvalue weighted by Gasteiger charge is 2.24. The van der Waals surface area contributed by atoms with Gasteiger partial charge in [0.25, 0.3) is 0 Å². The standard InChI is InChI=1S/C21H22O4/c1-13-6-4-9-18(15(13)3)24-12-20(23)25-19-11-10-14(2)16-7-5-8-17(22)21(16)19/h4,6,9-11H,5,7-8,12H2,1-3H3. The summed E-state index contributed by atoms with van der Waals surface area (Å²) in [6.07, 6.45) is 2.19. The number of ether oxygens (including phenoxy) is 2. The van der Waals surface area contributed by atoms with E-state index in [-0.39, 0.29) is 12.4 Å². The Bertz CT molecular complexity index is 836. The lowest BCUT2D eigenvalue weighted by Crippen LogP contribution is -2.21. The van der Waals surface area contributed by atoms with Gasteiger partial charge in [-0.05, 0) is 68.0 Å².